The maximum Gasteiger partial charge on any atom is 0.243 e. The Balaban J connectivity index is 1.77. The summed E-state index contributed by atoms with van der Waals surface area (Å²) in [6, 6.07) is 12.0. The number of nitrogens with zero attached hydrogens (tertiary/aromatic N) is 4. The molecule has 1 aromatic carbocycles. The van der Waals surface area contributed by atoms with Crippen LogP contribution in [0.5, 0.6) is 0 Å². The average Bonchev–Trinajstić information content (AvgIpc) is 2.62. The van der Waals surface area contributed by atoms with Crippen molar-refractivity contribution in [1.82, 2.24) is 20.2 Å². The molecule has 0 bridgehead atoms. The van der Waals surface area contributed by atoms with Gasteiger partial charge in [-0.25, -0.2) is 9.97 Å². The molecule has 6 heteroatoms. The van der Waals surface area contributed by atoms with Crippen molar-refractivity contribution in [1.29, 1.82) is 0 Å². The van der Waals surface area contributed by atoms with E-state index in [0.29, 0.717) is 6.54 Å². The smallest absolute Gasteiger partial charge is 0.243 e. The van der Waals surface area contributed by atoms with Crippen LogP contribution < -0.4 is 10.2 Å². The van der Waals surface area contributed by atoms with E-state index in [1.165, 1.54) is 5.56 Å². The summed E-state index contributed by atoms with van der Waals surface area (Å²) in [5, 5.41) is 2.78. The molecule has 1 atom stereocenters. The molecule has 1 amide bonds. The molecule has 0 saturated carbocycles. The molecule has 0 spiro atoms. The van der Waals surface area contributed by atoms with Crippen molar-refractivity contribution in [2.45, 2.75) is 19.5 Å². The zero-order chi connectivity index (χ0) is 16.9. The van der Waals surface area contributed by atoms with E-state index in [2.05, 4.69) is 37.2 Å². The van der Waals surface area contributed by atoms with E-state index in [-0.39, 0.29) is 11.9 Å². The second kappa shape index (κ2) is 7.40. The number of anilines is 1. The van der Waals surface area contributed by atoms with Gasteiger partial charge in [0, 0.05) is 45.0 Å². The highest BCUT2D eigenvalue weighted by atomic mass is 16.2. The SMILES string of the molecule is CNC(=O)C1CN(Cc2ccccc2)CCN1c1cc(C)ncn1. The molecule has 1 N–H and O–H groups in total. The van der Waals surface area contributed by atoms with E-state index < -0.39 is 0 Å². The molecule has 0 aliphatic carbocycles. The molecule has 6 nitrogen and oxygen atoms in total. The minimum absolute atomic E-state index is 0.0176. The van der Waals surface area contributed by atoms with Crippen molar-refractivity contribution in [2.24, 2.45) is 0 Å². The summed E-state index contributed by atoms with van der Waals surface area (Å²) in [4.78, 5) is 25.3. The Bertz CT molecular complexity index is 691. The highest BCUT2D eigenvalue weighted by Crippen LogP contribution is 2.20. The van der Waals surface area contributed by atoms with Crippen molar-refractivity contribution in [3.05, 3.63) is 54.0 Å². The number of piperazine rings is 1. The number of hydrogen-bond acceptors (Lipinski definition) is 5. The van der Waals surface area contributed by atoms with Crippen LogP contribution >= 0.6 is 0 Å². The minimum Gasteiger partial charge on any atom is -0.357 e. The van der Waals surface area contributed by atoms with Gasteiger partial charge in [-0.2, -0.15) is 0 Å². The molecule has 3 rings (SSSR count). The molecule has 1 saturated heterocycles. The quantitative estimate of drug-likeness (QED) is 0.916. The summed E-state index contributed by atoms with van der Waals surface area (Å²) in [5.41, 5.74) is 2.17. The topological polar surface area (TPSA) is 61.4 Å². The lowest BCUT2D eigenvalue weighted by atomic mass is 10.1. The van der Waals surface area contributed by atoms with E-state index in [1.54, 1.807) is 13.4 Å². The Kier molecular flexibility index (Phi) is 5.05. The zero-order valence-corrected chi connectivity index (χ0v) is 14.1. The van der Waals surface area contributed by atoms with Gasteiger partial charge in [0.25, 0.3) is 0 Å². The van der Waals surface area contributed by atoms with Gasteiger partial charge >= 0.3 is 0 Å². The maximum absolute atomic E-state index is 12.4. The highest BCUT2D eigenvalue weighted by molar-refractivity contribution is 5.85. The first-order valence-electron chi connectivity index (χ1n) is 8.20. The second-order valence-electron chi connectivity index (χ2n) is 6.06. The molecule has 1 aromatic heterocycles. The van der Waals surface area contributed by atoms with Gasteiger partial charge in [0.05, 0.1) is 0 Å². The number of benzene rings is 1. The summed E-state index contributed by atoms with van der Waals surface area (Å²) in [5.74, 6) is 0.833. The first-order valence-corrected chi connectivity index (χ1v) is 8.20. The Labute approximate surface area is 142 Å². The number of carbonyl (C=O) groups is 1. The number of rotatable bonds is 4. The summed E-state index contributed by atoms with van der Waals surface area (Å²) >= 11 is 0. The Morgan fingerprint density at radius 1 is 1.25 bits per heavy atom. The Morgan fingerprint density at radius 3 is 2.75 bits per heavy atom. The van der Waals surface area contributed by atoms with Crippen molar-refractivity contribution in [2.75, 3.05) is 31.6 Å². The van der Waals surface area contributed by atoms with Crippen LogP contribution in [0.15, 0.2) is 42.7 Å². The van der Waals surface area contributed by atoms with Crippen molar-refractivity contribution < 1.29 is 4.79 Å². The van der Waals surface area contributed by atoms with Gasteiger partial charge in [0.2, 0.25) is 5.91 Å². The van der Waals surface area contributed by atoms with Crippen LogP contribution in [0.2, 0.25) is 0 Å². The van der Waals surface area contributed by atoms with Gasteiger partial charge in [-0.05, 0) is 12.5 Å². The lowest BCUT2D eigenvalue weighted by Crippen LogP contribution is -2.58. The third kappa shape index (κ3) is 3.71. The molecular weight excluding hydrogens is 302 g/mol. The van der Waals surface area contributed by atoms with E-state index in [0.717, 1.165) is 31.1 Å². The molecular formula is C18H23N5O. The largest absolute Gasteiger partial charge is 0.357 e. The molecule has 1 unspecified atom stereocenters. The van der Waals surface area contributed by atoms with E-state index in [9.17, 15) is 4.79 Å². The number of amides is 1. The van der Waals surface area contributed by atoms with Gasteiger partial charge < -0.3 is 10.2 Å². The third-order valence-electron chi connectivity index (χ3n) is 4.35. The molecule has 2 heterocycles. The fourth-order valence-electron chi connectivity index (χ4n) is 3.09. The van der Waals surface area contributed by atoms with Gasteiger partial charge in [-0.3, -0.25) is 9.69 Å². The van der Waals surface area contributed by atoms with Crippen molar-refractivity contribution in [3.8, 4) is 0 Å². The maximum atomic E-state index is 12.4. The first kappa shape index (κ1) is 16.4. The van der Waals surface area contributed by atoms with Crippen LogP contribution in [0.3, 0.4) is 0 Å². The van der Waals surface area contributed by atoms with E-state index >= 15 is 0 Å². The van der Waals surface area contributed by atoms with Crippen molar-refractivity contribution in [3.63, 3.8) is 0 Å². The predicted molar refractivity (Wildman–Crippen MR) is 93.7 cm³/mol. The fraction of sp³-hybridized carbons (Fsp3) is 0.389. The number of likely N-dealkylation sites (N-methyl/N-ethyl adjacent to an activating group) is 1. The summed E-state index contributed by atoms with van der Waals surface area (Å²) in [6.45, 7) is 5.13. The van der Waals surface area contributed by atoms with Crippen LogP contribution in [-0.2, 0) is 11.3 Å². The number of hydrogen-bond donors (Lipinski definition) is 1. The fourth-order valence-corrected chi connectivity index (χ4v) is 3.09. The Morgan fingerprint density at radius 2 is 2.04 bits per heavy atom. The standard InChI is InChI=1S/C18H23N5O/c1-14-10-17(21-13-20-14)23-9-8-22(12-16(23)18(24)19-2)11-15-6-4-3-5-7-15/h3-7,10,13,16H,8-9,11-12H2,1-2H3,(H,19,24). The van der Waals surface area contributed by atoms with Gasteiger partial charge in [-0.1, -0.05) is 30.3 Å². The average molecular weight is 325 g/mol. The van der Waals surface area contributed by atoms with Gasteiger partial charge in [-0.15, -0.1) is 0 Å². The molecule has 1 fully saturated rings. The van der Waals surface area contributed by atoms with E-state index in [1.807, 2.05) is 31.2 Å². The molecule has 126 valence electrons. The lowest BCUT2D eigenvalue weighted by molar-refractivity contribution is -0.122. The number of nitrogens with one attached hydrogen (secondary N) is 1. The van der Waals surface area contributed by atoms with Crippen LogP contribution in [0.25, 0.3) is 0 Å². The van der Waals surface area contributed by atoms with Crippen molar-refractivity contribution >= 4 is 11.7 Å². The summed E-state index contributed by atoms with van der Waals surface area (Å²) < 4.78 is 0. The monoisotopic (exact) mass is 325 g/mol. The summed E-state index contributed by atoms with van der Waals surface area (Å²) in [6.07, 6.45) is 1.56. The minimum atomic E-state index is -0.248. The zero-order valence-electron chi connectivity index (χ0n) is 14.1. The molecule has 1 aliphatic heterocycles. The molecule has 2 aromatic rings. The molecule has 1 aliphatic rings. The number of aryl methyl sites for hydroxylation is 1. The second-order valence-corrected chi connectivity index (χ2v) is 6.06. The number of carbonyl (C=O) groups excluding carboxylic acids is 1. The highest BCUT2D eigenvalue weighted by Gasteiger charge is 2.32. The molecule has 24 heavy (non-hydrogen) atoms. The third-order valence-corrected chi connectivity index (χ3v) is 4.35. The van der Waals surface area contributed by atoms with E-state index in [4.69, 9.17) is 0 Å². The van der Waals surface area contributed by atoms with Gasteiger partial charge in [0.1, 0.15) is 18.2 Å². The van der Waals surface area contributed by atoms with Crippen LogP contribution in [0.4, 0.5) is 5.82 Å². The lowest BCUT2D eigenvalue weighted by Gasteiger charge is -2.41. The van der Waals surface area contributed by atoms with Crippen LogP contribution in [0.1, 0.15) is 11.3 Å². The normalized spacial score (nSPS) is 18.4. The van der Waals surface area contributed by atoms with Crippen LogP contribution in [0, 0.1) is 6.92 Å². The van der Waals surface area contributed by atoms with Crippen LogP contribution in [-0.4, -0.2) is 53.5 Å². The number of aromatic nitrogens is 2. The Hall–Kier alpha value is -2.47. The predicted octanol–water partition coefficient (Wildman–Crippen LogP) is 1.22. The molecule has 0 radical (unpaired) electrons. The summed E-state index contributed by atoms with van der Waals surface area (Å²) in [7, 11) is 1.68. The first-order chi connectivity index (χ1) is 11.7. The van der Waals surface area contributed by atoms with Gasteiger partial charge in [0.15, 0.2) is 0 Å².